The number of para-hydroxylation sites is 1. The smallest absolute Gasteiger partial charge is 0.136 e. The van der Waals surface area contributed by atoms with Gasteiger partial charge in [0, 0.05) is 32.6 Å². The van der Waals surface area contributed by atoms with Crippen molar-refractivity contribution in [2.45, 2.75) is 12.5 Å². The topological polar surface area (TPSA) is 18.1 Å². The second-order valence-electron chi connectivity index (χ2n) is 13.5. The molecular weight excluding hydrogens is 607 g/mol. The van der Waals surface area contributed by atoms with E-state index in [1.807, 2.05) is 0 Å². The van der Waals surface area contributed by atoms with E-state index in [2.05, 4.69) is 174 Å². The number of aromatic nitrogens is 1. The Morgan fingerprint density at radius 1 is 0.460 bits per heavy atom. The van der Waals surface area contributed by atoms with Crippen LogP contribution in [0.25, 0.3) is 98.3 Å². The van der Waals surface area contributed by atoms with Crippen molar-refractivity contribution in [2.24, 2.45) is 0 Å². The average molecular weight is 638 g/mol. The van der Waals surface area contributed by atoms with Gasteiger partial charge in [0.2, 0.25) is 0 Å². The highest BCUT2D eigenvalue weighted by molar-refractivity contribution is 6.24. The van der Waals surface area contributed by atoms with Crippen LogP contribution in [0.2, 0.25) is 0 Å². The molecule has 0 radical (unpaired) electrons. The van der Waals surface area contributed by atoms with E-state index in [1.54, 1.807) is 0 Å². The molecule has 1 unspecified atom stereocenters. The van der Waals surface area contributed by atoms with Gasteiger partial charge in [0.1, 0.15) is 11.2 Å². The van der Waals surface area contributed by atoms with E-state index in [0.717, 1.165) is 23.0 Å². The van der Waals surface area contributed by atoms with Gasteiger partial charge in [0.15, 0.2) is 0 Å². The van der Waals surface area contributed by atoms with Crippen molar-refractivity contribution < 1.29 is 4.42 Å². The zero-order valence-corrected chi connectivity index (χ0v) is 27.3. The minimum absolute atomic E-state index is 0.303. The normalized spacial score (nSPS) is 14.8. The highest BCUT2D eigenvalue weighted by Gasteiger charge is 2.21. The molecule has 50 heavy (non-hydrogen) atoms. The lowest BCUT2D eigenvalue weighted by Gasteiger charge is -2.19. The molecule has 8 aromatic carbocycles. The second kappa shape index (κ2) is 10.6. The molecule has 0 N–H and O–H groups in total. The van der Waals surface area contributed by atoms with Crippen LogP contribution in [0.3, 0.4) is 0 Å². The Labute approximate surface area is 288 Å². The number of allylic oxidation sites excluding steroid dienone is 4. The first-order valence-corrected chi connectivity index (χ1v) is 17.5. The number of furan rings is 1. The Bertz CT molecular complexity index is 3020. The van der Waals surface area contributed by atoms with Crippen molar-refractivity contribution in [3.63, 3.8) is 0 Å². The van der Waals surface area contributed by atoms with Crippen LogP contribution in [0.5, 0.6) is 0 Å². The molecule has 0 amide bonds. The number of hydrogen-bond donors (Lipinski definition) is 0. The Kier molecular flexibility index (Phi) is 5.82. The molecular formula is C48H31NO. The van der Waals surface area contributed by atoms with E-state index >= 15 is 0 Å². The van der Waals surface area contributed by atoms with E-state index in [1.165, 1.54) is 81.8 Å². The van der Waals surface area contributed by atoms with Crippen LogP contribution in [-0.4, -0.2) is 4.57 Å². The fourth-order valence-corrected chi connectivity index (χ4v) is 8.73. The van der Waals surface area contributed by atoms with Crippen LogP contribution in [-0.2, 0) is 0 Å². The molecule has 1 aliphatic rings. The van der Waals surface area contributed by atoms with Crippen LogP contribution in [0.1, 0.15) is 12.5 Å². The molecule has 2 heteroatoms. The van der Waals surface area contributed by atoms with Gasteiger partial charge >= 0.3 is 0 Å². The lowest BCUT2D eigenvalue weighted by atomic mass is 9.85. The molecule has 2 heterocycles. The van der Waals surface area contributed by atoms with Crippen LogP contribution in [0, 0.1) is 0 Å². The van der Waals surface area contributed by atoms with Crippen molar-refractivity contribution in [3.8, 4) is 22.3 Å². The highest BCUT2D eigenvalue weighted by Crippen LogP contribution is 2.46. The maximum atomic E-state index is 6.40. The van der Waals surface area contributed by atoms with Crippen molar-refractivity contribution in [2.75, 3.05) is 0 Å². The number of benzene rings is 8. The molecule has 11 rings (SSSR count). The average Bonchev–Trinajstić information content (AvgIpc) is 3.72. The minimum atomic E-state index is 0.303. The zero-order chi connectivity index (χ0) is 32.8. The van der Waals surface area contributed by atoms with Gasteiger partial charge in [-0.15, -0.1) is 0 Å². The number of hydrogen-bond acceptors (Lipinski definition) is 1. The van der Waals surface area contributed by atoms with E-state index in [4.69, 9.17) is 4.42 Å². The molecule has 2 nitrogen and oxygen atoms in total. The number of fused-ring (bicyclic) bond motifs is 10. The first kappa shape index (κ1) is 27.6. The van der Waals surface area contributed by atoms with Crippen LogP contribution >= 0.6 is 0 Å². The molecule has 0 spiro atoms. The first-order chi connectivity index (χ1) is 24.8. The first-order valence-electron chi connectivity index (χ1n) is 17.5. The molecule has 10 aromatic rings. The summed E-state index contributed by atoms with van der Waals surface area (Å²) in [5.41, 5.74) is 9.36. The quantitative estimate of drug-likeness (QED) is 0.176. The fraction of sp³-hybridized carbons (Fsp3) is 0.0417. The third kappa shape index (κ3) is 3.90. The predicted molar refractivity (Wildman–Crippen MR) is 212 cm³/mol. The Morgan fingerprint density at radius 2 is 1.04 bits per heavy atom. The monoisotopic (exact) mass is 637 g/mol. The summed E-state index contributed by atoms with van der Waals surface area (Å²) in [4.78, 5) is 0. The second-order valence-corrected chi connectivity index (χ2v) is 13.5. The molecule has 0 bridgehead atoms. The van der Waals surface area contributed by atoms with Crippen LogP contribution in [0.15, 0.2) is 174 Å². The Hall–Kier alpha value is -6.38. The van der Waals surface area contributed by atoms with E-state index in [0.29, 0.717) is 6.04 Å². The molecule has 0 saturated carbocycles. The molecule has 0 fully saturated rings. The summed E-state index contributed by atoms with van der Waals surface area (Å²) in [6.07, 6.45) is 9.93. The fourth-order valence-electron chi connectivity index (χ4n) is 8.73. The molecule has 234 valence electrons. The summed E-state index contributed by atoms with van der Waals surface area (Å²) < 4.78 is 8.92. The summed E-state index contributed by atoms with van der Waals surface area (Å²) in [6, 6.07) is 53.7. The van der Waals surface area contributed by atoms with Gasteiger partial charge in [-0.25, -0.2) is 0 Å². The molecule has 0 aliphatic heterocycles. The van der Waals surface area contributed by atoms with Gasteiger partial charge in [0.25, 0.3) is 0 Å². The molecule has 0 saturated heterocycles. The van der Waals surface area contributed by atoms with E-state index in [9.17, 15) is 0 Å². The summed E-state index contributed by atoms with van der Waals surface area (Å²) in [5.74, 6) is 0. The maximum Gasteiger partial charge on any atom is 0.136 e. The molecule has 1 atom stereocenters. The van der Waals surface area contributed by atoms with Crippen LogP contribution < -0.4 is 0 Å². The van der Waals surface area contributed by atoms with Crippen molar-refractivity contribution >= 4 is 76.1 Å². The van der Waals surface area contributed by atoms with Gasteiger partial charge < -0.3 is 8.98 Å². The molecule has 2 aromatic heterocycles. The summed E-state index contributed by atoms with van der Waals surface area (Å²) in [5, 5.41) is 12.4. The minimum Gasteiger partial charge on any atom is -0.456 e. The zero-order valence-electron chi connectivity index (χ0n) is 27.3. The van der Waals surface area contributed by atoms with Gasteiger partial charge in [-0.2, -0.15) is 0 Å². The van der Waals surface area contributed by atoms with Crippen molar-refractivity contribution in [3.05, 3.63) is 170 Å². The van der Waals surface area contributed by atoms with E-state index in [-0.39, 0.29) is 0 Å². The van der Waals surface area contributed by atoms with Gasteiger partial charge in [-0.3, -0.25) is 0 Å². The number of nitrogens with zero attached hydrogens (tertiary/aromatic N) is 1. The number of rotatable bonds is 3. The highest BCUT2D eigenvalue weighted by atomic mass is 16.3. The largest absolute Gasteiger partial charge is 0.456 e. The van der Waals surface area contributed by atoms with Gasteiger partial charge in [-0.05, 0) is 97.4 Å². The van der Waals surface area contributed by atoms with E-state index < -0.39 is 0 Å². The molecule has 1 aliphatic carbocycles. The third-order valence-electron chi connectivity index (χ3n) is 10.9. The van der Waals surface area contributed by atoms with Crippen molar-refractivity contribution in [1.82, 2.24) is 4.57 Å². The van der Waals surface area contributed by atoms with Gasteiger partial charge in [-0.1, -0.05) is 133 Å². The summed E-state index contributed by atoms with van der Waals surface area (Å²) in [7, 11) is 0. The van der Waals surface area contributed by atoms with Gasteiger partial charge in [0.05, 0.1) is 6.04 Å². The summed E-state index contributed by atoms with van der Waals surface area (Å²) >= 11 is 0. The van der Waals surface area contributed by atoms with Crippen LogP contribution in [0.4, 0.5) is 0 Å². The Morgan fingerprint density at radius 3 is 1.74 bits per heavy atom. The third-order valence-corrected chi connectivity index (χ3v) is 10.9. The predicted octanol–water partition coefficient (Wildman–Crippen LogP) is 13.5. The Balaban J connectivity index is 1.19. The SMILES string of the molecule is C1=CCC(n2c3ccccc3c3cc(-c4c5ccccc5c(-c5ccc6oc7ccc8ccccc8c7c6c5)c5ccccc45)ccc32)C=C1. The lowest BCUT2D eigenvalue weighted by molar-refractivity contribution is 0.648. The standard InChI is InChI=1S/C48H31NO/c1-2-13-33(14-3-1)49-42-21-11-10-16-35(42)40-28-31(22-25-43(40)49)46-36-17-6-8-19-38(36)47(39-20-9-7-18-37(39)46)32-24-26-44-41(29-32)48-34-15-5-4-12-30(34)23-27-45(48)50-44/h1-13,15-29,33H,14H2. The maximum absolute atomic E-state index is 6.40. The summed E-state index contributed by atoms with van der Waals surface area (Å²) in [6.45, 7) is 0. The van der Waals surface area contributed by atoms with Crippen molar-refractivity contribution in [1.29, 1.82) is 0 Å². The lowest BCUT2D eigenvalue weighted by Crippen LogP contribution is -2.06.